The highest BCUT2D eigenvalue weighted by Crippen LogP contribution is 2.31. The topological polar surface area (TPSA) is 38.5 Å². The van der Waals surface area contributed by atoms with Crippen molar-refractivity contribution in [3.05, 3.63) is 35.4 Å². The van der Waals surface area contributed by atoms with Crippen LogP contribution in [-0.2, 0) is 6.54 Å². The van der Waals surface area contributed by atoms with Gasteiger partial charge in [-0.15, -0.1) is 0 Å². The molecule has 0 saturated carbocycles. The highest BCUT2D eigenvalue weighted by Gasteiger charge is 2.21. The van der Waals surface area contributed by atoms with Crippen LogP contribution in [0.5, 0.6) is 5.75 Å². The maximum Gasteiger partial charge on any atom is 0.123 e. The molecule has 0 radical (unpaired) electrons. The fourth-order valence-electron chi connectivity index (χ4n) is 2.80. The molecule has 1 aromatic carbocycles. The highest BCUT2D eigenvalue weighted by atomic mass is 16.5. The van der Waals surface area contributed by atoms with E-state index in [1.54, 1.807) is 5.57 Å². The van der Waals surface area contributed by atoms with Crippen molar-refractivity contribution in [1.82, 2.24) is 4.90 Å². The smallest absolute Gasteiger partial charge is 0.123 e. The molecule has 0 aromatic heterocycles. The van der Waals surface area contributed by atoms with Crippen LogP contribution in [0.15, 0.2) is 29.8 Å². The largest absolute Gasteiger partial charge is 0.494 e. The van der Waals surface area contributed by atoms with Crippen LogP contribution in [0.2, 0.25) is 0 Å². The van der Waals surface area contributed by atoms with Gasteiger partial charge in [0.2, 0.25) is 0 Å². The van der Waals surface area contributed by atoms with Gasteiger partial charge in [-0.1, -0.05) is 32.4 Å². The van der Waals surface area contributed by atoms with Gasteiger partial charge in [0.15, 0.2) is 0 Å². The predicted molar refractivity (Wildman–Crippen MR) is 89.5 cm³/mol. The minimum absolute atomic E-state index is 0.291. The number of nitrogens with zero attached hydrogens (tertiary/aromatic N) is 1. The van der Waals surface area contributed by atoms with E-state index >= 15 is 0 Å². The van der Waals surface area contributed by atoms with Gasteiger partial charge in [0.1, 0.15) is 5.75 Å². The Kier molecular flexibility index (Phi) is 4.94. The third kappa shape index (κ3) is 4.24. The van der Waals surface area contributed by atoms with Crippen molar-refractivity contribution >= 4 is 5.69 Å². The summed E-state index contributed by atoms with van der Waals surface area (Å²) in [5.74, 6) is 0.956. The second kappa shape index (κ2) is 6.52. The maximum absolute atomic E-state index is 5.92. The van der Waals surface area contributed by atoms with Crippen molar-refractivity contribution < 1.29 is 4.74 Å². The SMILES string of the molecule is CCOc1ccc(N)cc1CN1CC=C(C(C)(C)C)CC1. The van der Waals surface area contributed by atoms with E-state index in [9.17, 15) is 0 Å². The first-order valence-corrected chi connectivity index (χ1v) is 7.83. The Morgan fingerprint density at radius 1 is 1.29 bits per heavy atom. The number of benzene rings is 1. The summed E-state index contributed by atoms with van der Waals surface area (Å²) in [4.78, 5) is 2.45. The summed E-state index contributed by atoms with van der Waals surface area (Å²) in [6.45, 7) is 12.6. The number of rotatable bonds is 4. The standard InChI is InChI=1S/C18H28N2O/c1-5-21-17-7-6-16(19)12-14(17)13-20-10-8-15(9-11-20)18(2,3)4/h6-8,12H,5,9-11,13,19H2,1-4H3. The van der Waals surface area contributed by atoms with Crippen molar-refractivity contribution in [3.8, 4) is 5.75 Å². The minimum atomic E-state index is 0.291. The molecule has 0 unspecified atom stereocenters. The Labute approximate surface area is 128 Å². The van der Waals surface area contributed by atoms with E-state index in [4.69, 9.17) is 10.5 Å². The molecule has 2 rings (SSSR count). The molecule has 1 aromatic rings. The monoisotopic (exact) mass is 288 g/mol. The van der Waals surface area contributed by atoms with Gasteiger partial charge in [0.05, 0.1) is 6.61 Å². The minimum Gasteiger partial charge on any atom is -0.494 e. The van der Waals surface area contributed by atoms with E-state index in [2.05, 4.69) is 31.7 Å². The van der Waals surface area contributed by atoms with Crippen LogP contribution in [0.1, 0.15) is 39.7 Å². The van der Waals surface area contributed by atoms with Gasteiger partial charge in [-0.2, -0.15) is 0 Å². The van der Waals surface area contributed by atoms with Gasteiger partial charge >= 0.3 is 0 Å². The molecule has 2 N–H and O–H groups in total. The lowest BCUT2D eigenvalue weighted by Crippen LogP contribution is -2.31. The van der Waals surface area contributed by atoms with Gasteiger partial charge in [0.25, 0.3) is 0 Å². The fourth-order valence-corrected chi connectivity index (χ4v) is 2.80. The third-order valence-corrected chi connectivity index (χ3v) is 4.03. The van der Waals surface area contributed by atoms with Crippen LogP contribution in [0.3, 0.4) is 0 Å². The van der Waals surface area contributed by atoms with E-state index in [1.807, 2.05) is 25.1 Å². The van der Waals surface area contributed by atoms with Gasteiger partial charge in [0, 0.05) is 30.9 Å². The molecule has 116 valence electrons. The fraction of sp³-hybridized carbons (Fsp3) is 0.556. The van der Waals surface area contributed by atoms with Crippen LogP contribution in [0.25, 0.3) is 0 Å². The number of ether oxygens (including phenoxy) is 1. The lowest BCUT2D eigenvalue weighted by molar-refractivity contribution is 0.263. The maximum atomic E-state index is 5.92. The lowest BCUT2D eigenvalue weighted by atomic mass is 9.83. The summed E-state index contributed by atoms with van der Waals surface area (Å²) in [5.41, 5.74) is 9.77. The van der Waals surface area contributed by atoms with Gasteiger partial charge < -0.3 is 10.5 Å². The Balaban J connectivity index is 2.07. The van der Waals surface area contributed by atoms with E-state index < -0.39 is 0 Å². The van der Waals surface area contributed by atoms with E-state index in [-0.39, 0.29) is 0 Å². The Hall–Kier alpha value is -1.48. The van der Waals surface area contributed by atoms with Crippen molar-refractivity contribution in [2.24, 2.45) is 5.41 Å². The molecule has 3 heteroatoms. The van der Waals surface area contributed by atoms with Crippen LogP contribution in [-0.4, -0.2) is 24.6 Å². The highest BCUT2D eigenvalue weighted by molar-refractivity contribution is 5.48. The first kappa shape index (κ1) is 15.9. The number of nitrogen functional groups attached to an aromatic ring is 1. The molecule has 0 amide bonds. The summed E-state index contributed by atoms with van der Waals surface area (Å²) in [5, 5.41) is 0. The molecule has 0 spiro atoms. The Bertz CT molecular complexity index is 514. The molecule has 21 heavy (non-hydrogen) atoms. The molecule has 0 bridgehead atoms. The van der Waals surface area contributed by atoms with Crippen LogP contribution in [0.4, 0.5) is 5.69 Å². The van der Waals surface area contributed by atoms with Crippen molar-refractivity contribution in [2.45, 2.75) is 40.7 Å². The molecule has 0 saturated heterocycles. The third-order valence-electron chi connectivity index (χ3n) is 4.03. The molecular weight excluding hydrogens is 260 g/mol. The molecule has 1 aliphatic rings. The van der Waals surface area contributed by atoms with Crippen LogP contribution in [0, 0.1) is 5.41 Å². The molecule has 0 aliphatic carbocycles. The quantitative estimate of drug-likeness (QED) is 0.675. The zero-order chi connectivity index (χ0) is 15.5. The average molecular weight is 288 g/mol. The average Bonchev–Trinajstić information content (AvgIpc) is 2.42. The molecule has 0 atom stereocenters. The van der Waals surface area contributed by atoms with Gasteiger partial charge in [-0.25, -0.2) is 0 Å². The Morgan fingerprint density at radius 2 is 2.05 bits per heavy atom. The van der Waals surface area contributed by atoms with E-state index in [0.29, 0.717) is 12.0 Å². The molecule has 1 aliphatic heterocycles. The molecule has 3 nitrogen and oxygen atoms in total. The second-order valence-corrected chi connectivity index (χ2v) is 6.76. The summed E-state index contributed by atoms with van der Waals surface area (Å²) >= 11 is 0. The molecule has 0 fully saturated rings. The van der Waals surface area contributed by atoms with E-state index in [1.165, 1.54) is 5.56 Å². The molecule has 1 heterocycles. The van der Waals surface area contributed by atoms with Crippen molar-refractivity contribution in [1.29, 1.82) is 0 Å². The number of hydrogen-bond donors (Lipinski definition) is 1. The lowest BCUT2D eigenvalue weighted by Gasteiger charge is -2.32. The number of nitrogens with two attached hydrogens (primary N) is 1. The van der Waals surface area contributed by atoms with Crippen molar-refractivity contribution in [3.63, 3.8) is 0 Å². The summed E-state index contributed by atoms with van der Waals surface area (Å²) in [6, 6.07) is 5.92. The van der Waals surface area contributed by atoms with Crippen molar-refractivity contribution in [2.75, 3.05) is 25.4 Å². The first-order chi connectivity index (χ1) is 9.90. The summed E-state index contributed by atoms with van der Waals surface area (Å²) in [7, 11) is 0. The normalized spacial score (nSPS) is 16.7. The van der Waals surface area contributed by atoms with E-state index in [0.717, 1.165) is 37.5 Å². The first-order valence-electron chi connectivity index (χ1n) is 7.83. The summed E-state index contributed by atoms with van der Waals surface area (Å²) < 4.78 is 5.71. The zero-order valence-corrected chi connectivity index (χ0v) is 13.8. The van der Waals surface area contributed by atoms with Crippen LogP contribution < -0.4 is 10.5 Å². The second-order valence-electron chi connectivity index (χ2n) is 6.76. The van der Waals surface area contributed by atoms with Gasteiger partial charge in [-0.3, -0.25) is 4.90 Å². The summed E-state index contributed by atoms with van der Waals surface area (Å²) in [6.07, 6.45) is 3.53. The molecular formula is C18H28N2O. The number of anilines is 1. The predicted octanol–water partition coefficient (Wildman–Crippen LogP) is 3.85. The zero-order valence-electron chi connectivity index (χ0n) is 13.8. The Morgan fingerprint density at radius 3 is 2.62 bits per heavy atom. The number of hydrogen-bond acceptors (Lipinski definition) is 3. The van der Waals surface area contributed by atoms with Crippen LogP contribution >= 0.6 is 0 Å². The van der Waals surface area contributed by atoms with Gasteiger partial charge in [-0.05, 0) is 37.0 Å².